The molecule has 1 unspecified atom stereocenters. The molecule has 0 amide bonds. The highest BCUT2D eigenvalue weighted by atomic mass is 35.5. The number of methoxy groups -OCH3 is 1. The predicted molar refractivity (Wildman–Crippen MR) is 84.8 cm³/mol. The number of hydrogen-bond donors (Lipinski definition) is 1. The molecule has 0 bridgehead atoms. The van der Waals surface area contributed by atoms with E-state index in [0.29, 0.717) is 5.92 Å². The Labute approximate surface area is 125 Å². The van der Waals surface area contributed by atoms with Crippen LogP contribution in [0, 0.1) is 0 Å². The summed E-state index contributed by atoms with van der Waals surface area (Å²) >= 11 is 5.98. The molecule has 1 N–H and O–H groups in total. The van der Waals surface area contributed by atoms with Crippen molar-refractivity contribution in [2.24, 2.45) is 0 Å². The van der Waals surface area contributed by atoms with Crippen LogP contribution >= 0.6 is 11.6 Å². The Balaban J connectivity index is 2.27. The molecule has 2 nitrogen and oxygen atoms in total. The second kappa shape index (κ2) is 7.32. The van der Waals surface area contributed by atoms with Crippen LogP contribution in [0.4, 0.5) is 0 Å². The van der Waals surface area contributed by atoms with Gasteiger partial charge in [0.1, 0.15) is 5.75 Å². The van der Waals surface area contributed by atoms with Crippen molar-refractivity contribution in [3.05, 3.63) is 64.7 Å². The highest BCUT2D eigenvalue weighted by molar-refractivity contribution is 6.30. The third-order valence-electron chi connectivity index (χ3n) is 3.47. The highest BCUT2D eigenvalue weighted by Crippen LogP contribution is 2.29. The fraction of sp³-hybridized carbons (Fsp3) is 0.294. The molecule has 0 aliphatic heterocycles. The van der Waals surface area contributed by atoms with E-state index in [-0.39, 0.29) is 0 Å². The summed E-state index contributed by atoms with van der Waals surface area (Å²) in [6.07, 6.45) is 1.05. The van der Waals surface area contributed by atoms with Gasteiger partial charge < -0.3 is 10.1 Å². The molecule has 3 heteroatoms. The first-order valence-corrected chi connectivity index (χ1v) is 7.16. The van der Waals surface area contributed by atoms with Crippen molar-refractivity contribution in [2.45, 2.75) is 12.3 Å². The quantitative estimate of drug-likeness (QED) is 0.865. The van der Waals surface area contributed by atoms with Gasteiger partial charge in [0.2, 0.25) is 0 Å². The van der Waals surface area contributed by atoms with Gasteiger partial charge >= 0.3 is 0 Å². The maximum absolute atomic E-state index is 5.98. The van der Waals surface area contributed by atoms with Crippen LogP contribution in [-0.4, -0.2) is 20.7 Å². The first-order chi connectivity index (χ1) is 9.74. The summed E-state index contributed by atoms with van der Waals surface area (Å²) in [5.74, 6) is 1.25. The molecule has 0 saturated heterocycles. The van der Waals surface area contributed by atoms with Crippen molar-refractivity contribution < 1.29 is 4.74 Å². The van der Waals surface area contributed by atoms with Crippen molar-refractivity contribution in [3.8, 4) is 5.75 Å². The Bertz CT molecular complexity index is 522. The molecule has 0 heterocycles. The first-order valence-electron chi connectivity index (χ1n) is 6.78. The molecule has 20 heavy (non-hydrogen) atoms. The number of nitrogens with one attached hydrogen (secondary N) is 1. The second-order valence-corrected chi connectivity index (χ2v) is 5.21. The smallest absolute Gasteiger partial charge is 0.118 e. The van der Waals surface area contributed by atoms with Gasteiger partial charge in [0.15, 0.2) is 0 Å². The predicted octanol–water partition coefficient (Wildman–Crippen LogP) is 4.09. The number of halogens is 1. The molecule has 2 rings (SSSR count). The molecule has 0 fully saturated rings. The zero-order chi connectivity index (χ0) is 14.4. The number of rotatable bonds is 6. The minimum Gasteiger partial charge on any atom is -0.497 e. The van der Waals surface area contributed by atoms with E-state index in [1.807, 2.05) is 31.3 Å². The third-order valence-corrected chi connectivity index (χ3v) is 3.73. The summed E-state index contributed by atoms with van der Waals surface area (Å²) in [7, 11) is 3.67. The van der Waals surface area contributed by atoms with E-state index in [0.717, 1.165) is 23.7 Å². The molecule has 106 valence electrons. The van der Waals surface area contributed by atoms with Crippen LogP contribution in [-0.2, 0) is 0 Å². The maximum Gasteiger partial charge on any atom is 0.118 e. The molecule has 2 aromatic carbocycles. The van der Waals surface area contributed by atoms with Gasteiger partial charge in [-0.2, -0.15) is 0 Å². The average molecular weight is 290 g/mol. The molecule has 1 atom stereocenters. The van der Waals surface area contributed by atoms with Crippen molar-refractivity contribution in [2.75, 3.05) is 20.7 Å². The Kier molecular flexibility index (Phi) is 5.45. The van der Waals surface area contributed by atoms with E-state index >= 15 is 0 Å². The van der Waals surface area contributed by atoms with E-state index in [1.54, 1.807) is 7.11 Å². The summed E-state index contributed by atoms with van der Waals surface area (Å²) in [5, 5.41) is 3.99. The van der Waals surface area contributed by atoms with Gasteiger partial charge in [-0.1, -0.05) is 35.9 Å². The Hall–Kier alpha value is -1.51. The highest BCUT2D eigenvalue weighted by Gasteiger charge is 2.13. The summed E-state index contributed by atoms with van der Waals surface area (Å²) in [6, 6.07) is 16.4. The van der Waals surface area contributed by atoms with Gasteiger partial charge in [0.05, 0.1) is 7.11 Å². The van der Waals surface area contributed by atoms with E-state index in [9.17, 15) is 0 Å². The SMILES string of the molecule is CNCCC(c1ccc(Cl)cc1)c1ccc(OC)cc1. The zero-order valence-electron chi connectivity index (χ0n) is 11.9. The fourth-order valence-corrected chi connectivity index (χ4v) is 2.47. The molecular weight excluding hydrogens is 270 g/mol. The minimum atomic E-state index is 0.366. The summed E-state index contributed by atoms with van der Waals surface area (Å²) in [6.45, 7) is 0.972. The lowest BCUT2D eigenvalue weighted by molar-refractivity contribution is 0.414. The summed E-state index contributed by atoms with van der Waals surface area (Å²) < 4.78 is 5.22. The van der Waals surface area contributed by atoms with Crippen molar-refractivity contribution in [3.63, 3.8) is 0 Å². The molecule has 2 aromatic rings. The van der Waals surface area contributed by atoms with Crippen LogP contribution in [0.3, 0.4) is 0 Å². The third kappa shape index (κ3) is 3.75. The van der Waals surface area contributed by atoms with Gasteiger partial charge in [-0.15, -0.1) is 0 Å². The molecule has 0 radical (unpaired) electrons. The minimum absolute atomic E-state index is 0.366. The molecule has 0 spiro atoms. The lowest BCUT2D eigenvalue weighted by atomic mass is 9.88. The second-order valence-electron chi connectivity index (χ2n) is 4.77. The fourth-order valence-electron chi connectivity index (χ4n) is 2.35. The Morgan fingerprint density at radius 2 is 1.55 bits per heavy atom. The van der Waals surface area contributed by atoms with Crippen molar-refractivity contribution >= 4 is 11.6 Å². The molecule has 0 aliphatic carbocycles. The van der Waals surface area contributed by atoms with Crippen LogP contribution < -0.4 is 10.1 Å². The molecule has 0 aliphatic rings. The first kappa shape index (κ1) is 14.9. The normalized spacial score (nSPS) is 12.2. The van der Waals surface area contributed by atoms with Crippen LogP contribution in [0.2, 0.25) is 5.02 Å². The molecular formula is C17H20ClNO. The maximum atomic E-state index is 5.98. The van der Waals surface area contributed by atoms with E-state index in [2.05, 4.69) is 29.6 Å². The van der Waals surface area contributed by atoms with Gasteiger partial charge in [-0.3, -0.25) is 0 Å². The van der Waals surface area contributed by atoms with Crippen LogP contribution in [0.15, 0.2) is 48.5 Å². The Morgan fingerprint density at radius 1 is 1.00 bits per heavy atom. The monoisotopic (exact) mass is 289 g/mol. The van der Waals surface area contributed by atoms with Crippen LogP contribution in [0.25, 0.3) is 0 Å². The summed E-state index contributed by atoms with van der Waals surface area (Å²) in [5.41, 5.74) is 2.58. The van der Waals surface area contributed by atoms with Crippen molar-refractivity contribution in [1.82, 2.24) is 5.32 Å². The van der Waals surface area contributed by atoms with Gasteiger partial charge in [0, 0.05) is 10.9 Å². The lowest BCUT2D eigenvalue weighted by Gasteiger charge is -2.18. The van der Waals surface area contributed by atoms with Gasteiger partial charge in [0.25, 0.3) is 0 Å². The lowest BCUT2D eigenvalue weighted by Crippen LogP contribution is -2.13. The van der Waals surface area contributed by atoms with Gasteiger partial charge in [-0.25, -0.2) is 0 Å². The van der Waals surface area contributed by atoms with E-state index < -0.39 is 0 Å². The number of ether oxygens (including phenoxy) is 1. The standard InChI is InChI=1S/C17H20ClNO/c1-19-12-11-17(13-3-7-15(18)8-4-13)14-5-9-16(20-2)10-6-14/h3-10,17,19H,11-12H2,1-2H3. The van der Waals surface area contributed by atoms with Crippen LogP contribution in [0.5, 0.6) is 5.75 Å². The average Bonchev–Trinajstić information content (AvgIpc) is 2.50. The van der Waals surface area contributed by atoms with E-state index in [4.69, 9.17) is 16.3 Å². The van der Waals surface area contributed by atoms with Crippen molar-refractivity contribution in [1.29, 1.82) is 0 Å². The Morgan fingerprint density at radius 3 is 2.05 bits per heavy atom. The van der Waals surface area contributed by atoms with E-state index in [1.165, 1.54) is 11.1 Å². The largest absolute Gasteiger partial charge is 0.497 e. The number of benzene rings is 2. The van der Waals surface area contributed by atoms with Gasteiger partial charge in [-0.05, 0) is 55.4 Å². The topological polar surface area (TPSA) is 21.3 Å². The summed E-state index contributed by atoms with van der Waals surface area (Å²) in [4.78, 5) is 0. The van der Waals surface area contributed by atoms with Crippen LogP contribution in [0.1, 0.15) is 23.5 Å². The number of hydrogen-bond acceptors (Lipinski definition) is 2. The molecule has 0 aromatic heterocycles. The zero-order valence-corrected chi connectivity index (χ0v) is 12.7. The molecule has 0 saturated carbocycles.